The molecule has 40 heavy (non-hydrogen) atoms. The van der Waals surface area contributed by atoms with Crippen molar-refractivity contribution in [3.8, 4) is 23.3 Å². The van der Waals surface area contributed by atoms with Crippen LogP contribution in [0.1, 0.15) is 43.0 Å². The lowest BCUT2D eigenvalue weighted by atomic mass is 9.97. The highest BCUT2D eigenvalue weighted by Crippen LogP contribution is 2.35. The molecule has 2 saturated heterocycles. The number of carbonyl (C=O) groups is 2. The quantitative estimate of drug-likeness (QED) is 0.448. The molecule has 2 aliphatic rings. The number of H-pyrrole nitrogens is 1. The second-order valence-electron chi connectivity index (χ2n) is 9.97. The van der Waals surface area contributed by atoms with Gasteiger partial charge in [-0.2, -0.15) is 18.3 Å². The summed E-state index contributed by atoms with van der Waals surface area (Å²) < 4.78 is 45.6. The molecular formula is C28H29F3N6O3. The molecule has 2 N–H and O–H groups in total. The third kappa shape index (κ3) is 5.98. The highest BCUT2D eigenvalue weighted by molar-refractivity contribution is 5.95. The Balaban J connectivity index is 1.29. The number of anilines is 1. The van der Waals surface area contributed by atoms with E-state index in [-0.39, 0.29) is 24.9 Å². The summed E-state index contributed by atoms with van der Waals surface area (Å²) in [7, 11) is 0. The van der Waals surface area contributed by atoms with Crippen LogP contribution in [0.3, 0.4) is 0 Å². The molecule has 12 heteroatoms. The van der Waals surface area contributed by atoms with E-state index >= 15 is 0 Å². The standard InChI is InChI=1S/C28H29F3N6O3/c1-2-5-23(38)36-14-4-7-20(17-36)33-26-24-22(12-13-32-25(24)34-35-26)40-21-10-8-18(9-11-21)27(39)37-15-3-6-19(16-37)28(29,30)31/h8-13,19-20H,3-4,6-7,14-17H2,1H3,(H2,32,33,34,35)/t19?,20-/m1/s1. The molecule has 0 radical (unpaired) electrons. The summed E-state index contributed by atoms with van der Waals surface area (Å²) in [6, 6.07) is 7.98. The summed E-state index contributed by atoms with van der Waals surface area (Å²) in [4.78, 5) is 32.4. The van der Waals surface area contributed by atoms with E-state index in [9.17, 15) is 22.8 Å². The van der Waals surface area contributed by atoms with Crippen LogP contribution in [0.25, 0.3) is 11.0 Å². The number of piperidine rings is 2. The number of hydrogen-bond donors (Lipinski definition) is 2. The van der Waals surface area contributed by atoms with Gasteiger partial charge in [0.1, 0.15) is 16.9 Å². The van der Waals surface area contributed by atoms with Crippen LogP contribution < -0.4 is 10.1 Å². The van der Waals surface area contributed by atoms with E-state index in [0.717, 1.165) is 12.8 Å². The zero-order valence-electron chi connectivity index (χ0n) is 21.9. The van der Waals surface area contributed by atoms with Crippen molar-refractivity contribution in [3.63, 3.8) is 0 Å². The Kier molecular flexibility index (Phi) is 7.82. The van der Waals surface area contributed by atoms with Gasteiger partial charge in [-0.05, 0) is 62.8 Å². The first kappa shape index (κ1) is 27.3. The van der Waals surface area contributed by atoms with Crippen molar-refractivity contribution in [1.29, 1.82) is 0 Å². The highest BCUT2D eigenvalue weighted by Gasteiger charge is 2.42. The predicted molar refractivity (Wildman–Crippen MR) is 142 cm³/mol. The van der Waals surface area contributed by atoms with E-state index in [0.29, 0.717) is 60.0 Å². The number of nitrogens with zero attached hydrogens (tertiary/aromatic N) is 4. The number of alkyl halides is 3. The molecule has 2 aliphatic heterocycles. The Labute approximate surface area is 229 Å². The van der Waals surface area contributed by atoms with Gasteiger partial charge in [0, 0.05) is 50.0 Å². The maximum Gasteiger partial charge on any atom is 0.393 e. The number of aromatic nitrogens is 3. The summed E-state index contributed by atoms with van der Waals surface area (Å²) in [6.07, 6.45) is -0.697. The smallest absolute Gasteiger partial charge is 0.393 e. The van der Waals surface area contributed by atoms with Gasteiger partial charge in [-0.15, -0.1) is 0 Å². The van der Waals surface area contributed by atoms with Gasteiger partial charge < -0.3 is 19.9 Å². The molecule has 0 saturated carbocycles. The van der Waals surface area contributed by atoms with Crippen LogP contribution in [0.15, 0.2) is 36.5 Å². The van der Waals surface area contributed by atoms with E-state index in [4.69, 9.17) is 4.74 Å². The Hall–Kier alpha value is -4.27. The molecule has 0 bridgehead atoms. The number of rotatable bonds is 5. The summed E-state index contributed by atoms with van der Waals surface area (Å²) in [6.45, 7) is 2.75. The number of nitrogens with one attached hydrogen (secondary N) is 2. The molecule has 2 fully saturated rings. The minimum atomic E-state index is -4.31. The van der Waals surface area contributed by atoms with E-state index in [2.05, 4.69) is 32.3 Å². The third-order valence-corrected chi connectivity index (χ3v) is 7.21. The molecule has 5 rings (SSSR count). The van der Waals surface area contributed by atoms with Crippen molar-refractivity contribution in [2.45, 2.75) is 44.8 Å². The van der Waals surface area contributed by atoms with E-state index in [1.165, 1.54) is 4.90 Å². The summed E-state index contributed by atoms with van der Waals surface area (Å²) in [5.74, 6) is 4.56. The number of pyridine rings is 1. The number of amides is 2. The average molecular weight is 555 g/mol. The number of benzene rings is 1. The van der Waals surface area contributed by atoms with Crippen LogP contribution in [0, 0.1) is 17.8 Å². The normalized spacial score (nSPS) is 19.6. The maximum atomic E-state index is 13.2. The van der Waals surface area contributed by atoms with Gasteiger partial charge >= 0.3 is 6.18 Å². The summed E-state index contributed by atoms with van der Waals surface area (Å²) in [5.41, 5.74) is 0.807. The largest absolute Gasteiger partial charge is 0.456 e. The van der Waals surface area contributed by atoms with Crippen molar-refractivity contribution >= 4 is 28.7 Å². The fourth-order valence-corrected chi connectivity index (χ4v) is 5.17. The van der Waals surface area contributed by atoms with Gasteiger partial charge in [-0.3, -0.25) is 14.7 Å². The lowest BCUT2D eigenvalue weighted by Crippen LogP contribution is -2.44. The number of aromatic amines is 1. The predicted octanol–water partition coefficient (Wildman–Crippen LogP) is 4.59. The van der Waals surface area contributed by atoms with Gasteiger partial charge in [-0.1, -0.05) is 5.92 Å². The lowest BCUT2D eigenvalue weighted by Gasteiger charge is -2.33. The highest BCUT2D eigenvalue weighted by atomic mass is 19.4. The molecule has 4 heterocycles. The first-order valence-corrected chi connectivity index (χ1v) is 13.2. The summed E-state index contributed by atoms with van der Waals surface area (Å²) >= 11 is 0. The van der Waals surface area contributed by atoms with Gasteiger partial charge in [-0.25, -0.2) is 4.98 Å². The Bertz CT molecular complexity index is 1440. The molecule has 2 amide bonds. The van der Waals surface area contributed by atoms with Crippen LogP contribution in [0.4, 0.5) is 19.0 Å². The molecule has 1 unspecified atom stereocenters. The first-order chi connectivity index (χ1) is 19.2. The lowest BCUT2D eigenvalue weighted by molar-refractivity contribution is -0.184. The van der Waals surface area contributed by atoms with Crippen molar-refractivity contribution in [1.82, 2.24) is 25.0 Å². The number of carbonyl (C=O) groups excluding carboxylic acids is 2. The van der Waals surface area contributed by atoms with Crippen LogP contribution >= 0.6 is 0 Å². The van der Waals surface area contributed by atoms with Crippen molar-refractivity contribution < 1.29 is 27.5 Å². The topological polar surface area (TPSA) is 103 Å². The molecular weight excluding hydrogens is 525 g/mol. The van der Waals surface area contributed by atoms with Crippen molar-refractivity contribution in [2.75, 3.05) is 31.5 Å². The van der Waals surface area contributed by atoms with E-state index in [1.807, 2.05) is 0 Å². The zero-order valence-corrected chi connectivity index (χ0v) is 21.9. The second kappa shape index (κ2) is 11.5. The summed E-state index contributed by atoms with van der Waals surface area (Å²) in [5, 5.41) is 11.3. The van der Waals surface area contributed by atoms with E-state index < -0.39 is 18.0 Å². The van der Waals surface area contributed by atoms with Crippen LogP contribution in [-0.2, 0) is 4.79 Å². The first-order valence-electron chi connectivity index (χ1n) is 13.2. The van der Waals surface area contributed by atoms with Gasteiger partial charge in [0.25, 0.3) is 11.8 Å². The number of fused-ring (bicyclic) bond motifs is 1. The molecule has 3 aromatic rings. The van der Waals surface area contributed by atoms with Gasteiger partial charge in [0.15, 0.2) is 11.5 Å². The molecule has 210 valence electrons. The molecule has 1 aromatic carbocycles. The minimum Gasteiger partial charge on any atom is -0.456 e. The van der Waals surface area contributed by atoms with Crippen molar-refractivity contribution in [3.05, 3.63) is 42.1 Å². The van der Waals surface area contributed by atoms with Gasteiger partial charge in [0.05, 0.1) is 5.92 Å². The number of hydrogen-bond acceptors (Lipinski definition) is 6. The van der Waals surface area contributed by atoms with E-state index in [1.54, 1.807) is 48.4 Å². The number of halogens is 3. The number of likely N-dealkylation sites (tertiary alicyclic amines) is 2. The minimum absolute atomic E-state index is 0.0343. The Morgan fingerprint density at radius 2 is 1.82 bits per heavy atom. The second-order valence-corrected chi connectivity index (χ2v) is 9.97. The molecule has 2 aromatic heterocycles. The molecule has 9 nitrogen and oxygen atoms in total. The SMILES string of the molecule is CC#CC(=O)N1CCC[C@@H](Nc2n[nH]c3nccc(Oc4ccc(C(=O)N5CCCC(C(F)(F)F)C5)cc4)c23)C1. The molecule has 0 spiro atoms. The maximum absolute atomic E-state index is 13.2. The van der Waals surface area contributed by atoms with Crippen LogP contribution in [-0.4, -0.2) is 75.2 Å². The zero-order chi connectivity index (χ0) is 28.3. The third-order valence-electron chi connectivity index (χ3n) is 7.21. The fraction of sp³-hybridized carbons (Fsp3) is 0.429. The Morgan fingerprint density at radius 1 is 1.07 bits per heavy atom. The fourth-order valence-electron chi connectivity index (χ4n) is 5.17. The molecule has 0 aliphatic carbocycles. The number of ether oxygens (including phenoxy) is 1. The van der Waals surface area contributed by atoms with Crippen molar-refractivity contribution in [2.24, 2.45) is 5.92 Å². The van der Waals surface area contributed by atoms with Crippen LogP contribution in [0.2, 0.25) is 0 Å². The monoisotopic (exact) mass is 554 g/mol. The Morgan fingerprint density at radius 3 is 2.58 bits per heavy atom. The molecule has 2 atom stereocenters. The average Bonchev–Trinajstić information content (AvgIpc) is 3.36. The van der Waals surface area contributed by atoms with Gasteiger partial charge in [0.2, 0.25) is 0 Å². The van der Waals surface area contributed by atoms with Crippen LogP contribution in [0.5, 0.6) is 11.5 Å².